The third-order valence-corrected chi connectivity index (χ3v) is 5.16. The maximum absolute atomic E-state index is 10.7. The number of rotatable bonds is 11. The minimum Gasteiger partial charge on any atom is -0.507 e. The number of para-hydroxylation sites is 3. The van der Waals surface area contributed by atoms with Gasteiger partial charge in [-0.05, 0) is 50.5 Å². The Balaban J connectivity index is 0.000000321. The number of phenolic OH excluding ortho intramolecular Hbond substituents is 1. The SMILES string of the molecule is CC(=N)c1ccccc1O.CCCN(CCCCCCC(N)=O)c1cnc2ccccc2n1. The molecule has 7 nitrogen and oxygen atoms in total. The highest BCUT2D eigenvalue weighted by Crippen LogP contribution is 2.17. The van der Waals surface area contributed by atoms with Crippen molar-refractivity contribution in [2.24, 2.45) is 5.73 Å². The highest BCUT2D eigenvalue weighted by Gasteiger charge is 2.08. The van der Waals surface area contributed by atoms with Crippen LogP contribution in [0.15, 0.2) is 54.7 Å². The Morgan fingerprint density at radius 2 is 1.67 bits per heavy atom. The van der Waals surface area contributed by atoms with Crippen LogP contribution in [0.5, 0.6) is 5.75 Å². The van der Waals surface area contributed by atoms with Crippen LogP contribution in [0.25, 0.3) is 11.0 Å². The molecule has 0 fully saturated rings. The number of aromatic nitrogens is 2. The van der Waals surface area contributed by atoms with Gasteiger partial charge in [0.1, 0.15) is 11.6 Å². The number of unbranched alkanes of at least 4 members (excludes halogenated alkanes) is 3. The molecule has 33 heavy (non-hydrogen) atoms. The molecule has 1 amide bonds. The zero-order chi connectivity index (χ0) is 24.1. The molecule has 7 heteroatoms. The second-order valence-corrected chi connectivity index (χ2v) is 7.98. The standard InChI is InChI=1S/C18H26N4O.C8H9NO/c1-2-12-22(13-8-4-3-5-11-17(19)23)18-14-20-15-9-6-7-10-16(15)21-18;1-6(9)7-4-2-3-5-8(7)10/h6-7,9-10,14H,2-5,8,11-13H2,1H3,(H2,19,23);2-5,9-10H,1H3. The lowest BCUT2D eigenvalue weighted by atomic mass is 10.1. The average Bonchev–Trinajstić information content (AvgIpc) is 2.80. The van der Waals surface area contributed by atoms with E-state index in [2.05, 4.69) is 16.8 Å². The molecular weight excluding hydrogens is 414 g/mol. The Labute approximate surface area is 196 Å². The van der Waals surface area contributed by atoms with Gasteiger partial charge in [-0.1, -0.05) is 44.0 Å². The number of aromatic hydroxyl groups is 1. The average molecular weight is 450 g/mol. The first-order valence-corrected chi connectivity index (χ1v) is 11.5. The molecule has 2 aromatic carbocycles. The first kappa shape index (κ1) is 25.8. The monoisotopic (exact) mass is 449 g/mol. The summed E-state index contributed by atoms with van der Waals surface area (Å²) < 4.78 is 0. The lowest BCUT2D eigenvalue weighted by Crippen LogP contribution is -2.26. The Morgan fingerprint density at radius 1 is 1.00 bits per heavy atom. The molecule has 0 saturated heterocycles. The van der Waals surface area contributed by atoms with Crippen LogP contribution < -0.4 is 10.6 Å². The number of nitrogens with zero attached hydrogens (tertiary/aromatic N) is 3. The van der Waals surface area contributed by atoms with Crippen molar-refractivity contribution < 1.29 is 9.90 Å². The van der Waals surface area contributed by atoms with Crippen LogP contribution in [-0.4, -0.2) is 39.8 Å². The molecule has 0 spiro atoms. The number of nitrogens with two attached hydrogens (primary N) is 1. The van der Waals surface area contributed by atoms with Crippen molar-refractivity contribution in [1.29, 1.82) is 5.41 Å². The molecule has 4 N–H and O–H groups in total. The van der Waals surface area contributed by atoms with Gasteiger partial charge in [0, 0.05) is 30.8 Å². The normalized spacial score (nSPS) is 10.4. The number of fused-ring (bicyclic) bond motifs is 1. The Kier molecular flexibility index (Phi) is 10.8. The molecule has 1 heterocycles. The molecule has 0 aliphatic carbocycles. The smallest absolute Gasteiger partial charge is 0.217 e. The van der Waals surface area contributed by atoms with E-state index < -0.39 is 0 Å². The van der Waals surface area contributed by atoms with Gasteiger partial charge in [-0.3, -0.25) is 9.78 Å². The van der Waals surface area contributed by atoms with E-state index in [-0.39, 0.29) is 11.7 Å². The predicted octanol–water partition coefficient (Wildman–Crippen LogP) is 5.06. The zero-order valence-corrected chi connectivity index (χ0v) is 19.6. The first-order chi connectivity index (χ1) is 15.9. The van der Waals surface area contributed by atoms with Gasteiger partial charge >= 0.3 is 0 Å². The van der Waals surface area contributed by atoms with E-state index in [9.17, 15) is 4.79 Å². The lowest BCUT2D eigenvalue weighted by molar-refractivity contribution is -0.118. The molecule has 0 unspecified atom stereocenters. The number of amides is 1. The maximum atomic E-state index is 10.7. The molecule has 176 valence electrons. The minimum atomic E-state index is -0.205. The maximum Gasteiger partial charge on any atom is 0.217 e. The quantitative estimate of drug-likeness (QED) is 0.279. The van der Waals surface area contributed by atoms with Crippen LogP contribution in [0.4, 0.5) is 5.82 Å². The summed E-state index contributed by atoms with van der Waals surface area (Å²) in [5.41, 5.74) is 8.01. The van der Waals surface area contributed by atoms with Crippen LogP contribution in [0, 0.1) is 5.41 Å². The van der Waals surface area contributed by atoms with Gasteiger partial charge in [0.2, 0.25) is 5.91 Å². The van der Waals surface area contributed by atoms with Crippen molar-refractivity contribution in [3.05, 3.63) is 60.3 Å². The molecule has 0 aliphatic heterocycles. The van der Waals surface area contributed by atoms with Crippen LogP contribution in [0.3, 0.4) is 0 Å². The topological polar surface area (TPSA) is 116 Å². The van der Waals surface area contributed by atoms with Crippen LogP contribution in [-0.2, 0) is 4.79 Å². The molecular formula is C26H35N5O2. The first-order valence-electron chi connectivity index (χ1n) is 11.5. The van der Waals surface area contributed by atoms with Gasteiger partial charge in [0.05, 0.1) is 17.2 Å². The second kappa shape index (κ2) is 13.8. The number of benzene rings is 2. The van der Waals surface area contributed by atoms with E-state index in [4.69, 9.17) is 21.2 Å². The summed E-state index contributed by atoms with van der Waals surface area (Å²) in [5, 5.41) is 16.4. The summed E-state index contributed by atoms with van der Waals surface area (Å²) in [7, 11) is 0. The predicted molar refractivity (Wildman–Crippen MR) is 135 cm³/mol. The second-order valence-electron chi connectivity index (χ2n) is 7.98. The van der Waals surface area contributed by atoms with Gasteiger partial charge < -0.3 is 21.1 Å². The van der Waals surface area contributed by atoms with Crippen molar-refractivity contribution in [2.45, 2.75) is 52.4 Å². The molecule has 1 aromatic heterocycles. The van der Waals surface area contributed by atoms with Crippen molar-refractivity contribution in [1.82, 2.24) is 9.97 Å². The zero-order valence-electron chi connectivity index (χ0n) is 19.6. The van der Waals surface area contributed by atoms with Crippen molar-refractivity contribution >= 4 is 28.5 Å². The van der Waals surface area contributed by atoms with E-state index >= 15 is 0 Å². The highest BCUT2D eigenvalue weighted by atomic mass is 16.3. The van der Waals surface area contributed by atoms with E-state index in [1.54, 1.807) is 31.2 Å². The number of hydrogen-bond donors (Lipinski definition) is 3. The largest absolute Gasteiger partial charge is 0.507 e. The summed E-state index contributed by atoms with van der Waals surface area (Å²) in [6.45, 7) is 5.77. The fourth-order valence-corrected chi connectivity index (χ4v) is 3.46. The number of carbonyl (C=O) groups excluding carboxylic acids is 1. The highest BCUT2D eigenvalue weighted by molar-refractivity contribution is 5.98. The summed E-state index contributed by atoms with van der Waals surface area (Å²) in [6, 6.07) is 14.8. The van der Waals surface area contributed by atoms with Crippen LogP contribution >= 0.6 is 0 Å². The number of anilines is 1. The van der Waals surface area contributed by atoms with Gasteiger partial charge in [0.15, 0.2) is 0 Å². The van der Waals surface area contributed by atoms with E-state index in [1.807, 2.05) is 30.5 Å². The third-order valence-electron chi connectivity index (χ3n) is 5.16. The third kappa shape index (κ3) is 8.88. The number of nitrogens with one attached hydrogen (secondary N) is 1. The van der Waals surface area contributed by atoms with Gasteiger partial charge in [-0.15, -0.1) is 0 Å². The molecule has 0 aliphatic rings. The molecule has 0 atom stereocenters. The summed E-state index contributed by atoms with van der Waals surface area (Å²) in [4.78, 5) is 22.3. The molecule has 0 bridgehead atoms. The lowest BCUT2D eigenvalue weighted by Gasteiger charge is -2.23. The summed E-state index contributed by atoms with van der Waals surface area (Å²) >= 11 is 0. The number of hydrogen-bond acceptors (Lipinski definition) is 6. The number of carbonyl (C=O) groups is 1. The van der Waals surface area contributed by atoms with E-state index in [0.29, 0.717) is 17.7 Å². The van der Waals surface area contributed by atoms with Crippen molar-refractivity contribution in [3.8, 4) is 5.75 Å². The summed E-state index contributed by atoms with van der Waals surface area (Å²) in [5.74, 6) is 0.918. The number of phenols is 1. The van der Waals surface area contributed by atoms with Crippen LogP contribution in [0.1, 0.15) is 57.9 Å². The van der Waals surface area contributed by atoms with E-state index in [1.165, 1.54) is 0 Å². The fraction of sp³-hybridized carbons (Fsp3) is 0.385. The molecule has 3 aromatic rings. The van der Waals surface area contributed by atoms with Gasteiger partial charge in [0.25, 0.3) is 0 Å². The summed E-state index contributed by atoms with van der Waals surface area (Å²) in [6.07, 6.45) is 7.57. The molecule has 3 rings (SSSR count). The van der Waals surface area contributed by atoms with Gasteiger partial charge in [-0.2, -0.15) is 0 Å². The minimum absolute atomic E-state index is 0.176. The van der Waals surface area contributed by atoms with Crippen molar-refractivity contribution in [3.63, 3.8) is 0 Å². The number of primary amides is 1. The molecule has 0 radical (unpaired) electrons. The molecule has 0 saturated carbocycles. The Hall–Kier alpha value is -3.48. The van der Waals surface area contributed by atoms with E-state index in [0.717, 1.165) is 62.0 Å². The van der Waals surface area contributed by atoms with Gasteiger partial charge in [-0.25, -0.2) is 4.98 Å². The fourth-order valence-electron chi connectivity index (χ4n) is 3.46. The Bertz CT molecular complexity index is 1040. The Morgan fingerprint density at radius 3 is 2.30 bits per heavy atom. The van der Waals surface area contributed by atoms with Crippen molar-refractivity contribution in [2.75, 3.05) is 18.0 Å². The van der Waals surface area contributed by atoms with Crippen LogP contribution in [0.2, 0.25) is 0 Å².